The summed E-state index contributed by atoms with van der Waals surface area (Å²) in [6.07, 6.45) is 0. The van der Waals surface area contributed by atoms with Gasteiger partial charge in [-0.05, 0) is 0 Å². The molecule has 0 amide bonds. The molecule has 0 aromatic heterocycles. The van der Waals surface area contributed by atoms with Gasteiger partial charge in [0.25, 0.3) is 0 Å². The molecule has 0 aromatic rings. The Balaban J connectivity index is -0.00000000595. The van der Waals surface area contributed by atoms with Gasteiger partial charge in [0, 0.05) is 19.5 Å². The molecular weight excluding hydrogens is 257 g/mol. The van der Waals surface area contributed by atoms with E-state index in [1.807, 2.05) is 0 Å². The number of hydrogen-bond acceptors (Lipinski definition) is 4. The molecule has 48 valence electrons. The van der Waals surface area contributed by atoms with Gasteiger partial charge in [-0.25, -0.2) is 3.98 Å². The van der Waals surface area contributed by atoms with Gasteiger partial charge >= 0.3 is 69.8 Å². The molecule has 0 heterocycles. The topological polar surface area (TPSA) is 69.9 Å². The second-order valence-corrected chi connectivity index (χ2v) is 2.42. The van der Waals surface area contributed by atoms with Crippen molar-refractivity contribution in [1.29, 1.82) is 0 Å². The third kappa shape index (κ3) is 24.8. The van der Waals surface area contributed by atoms with E-state index in [4.69, 9.17) is 14.4 Å². The molecule has 0 aliphatic heterocycles. The molecule has 9 heteroatoms. The standard InChI is InChI=1S/Ca.ClH3O4Si.Mg.Zn.4H/c;1-5-6(2,3)4;;;;;;/h;2-4H;;;;;;/q+2;;+2;;4*-1. The molecule has 0 aromatic carbocycles. The average molecular weight is 264 g/mol. The minimum absolute atomic E-state index is 0. The molecule has 0 fully saturated rings. The molecule has 0 radical (unpaired) electrons. The van der Waals surface area contributed by atoms with Gasteiger partial charge in [0.1, 0.15) is 0 Å². The van der Waals surface area contributed by atoms with Gasteiger partial charge in [-0.3, -0.25) is 0 Å². The molecule has 0 rings (SSSR count). The first-order chi connectivity index (χ1) is 2.56. The maximum Gasteiger partial charge on any atom is 2.00 e. The van der Waals surface area contributed by atoms with Crippen LogP contribution in [0.25, 0.3) is 0 Å². The summed E-state index contributed by atoms with van der Waals surface area (Å²) in [4.78, 5) is 23.2. The second kappa shape index (κ2) is 11.0. The van der Waals surface area contributed by atoms with E-state index in [1.54, 1.807) is 0 Å². The fourth-order valence-electron chi connectivity index (χ4n) is 0. The third-order valence-electron chi connectivity index (χ3n) is 0.104. The van der Waals surface area contributed by atoms with Gasteiger partial charge in [-0.2, -0.15) is 0 Å². The molecule has 0 saturated heterocycles. The summed E-state index contributed by atoms with van der Waals surface area (Å²) in [7, 11) is -4.37. The van der Waals surface area contributed by atoms with Crippen LogP contribution in [-0.2, 0) is 23.5 Å². The van der Waals surface area contributed by atoms with Gasteiger partial charge in [0.2, 0.25) is 0 Å². The summed E-state index contributed by atoms with van der Waals surface area (Å²) in [6.45, 7) is 0. The molecule has 0 unspecified atom stereocenters. The first kappa shape index (κ1) is 22.7. The Bertz CT molecular complexity index is 61.9. The van der Waals surface area contributed by atoms with E-state index in [0.29, 0.717) is 0 Å². The number of rotatable bonds is 1. The van der Waals surface area contributed by atoms with E-state index in [9.17, 15) is 0 Å². The van der Waals surface area contributed by atoms with Crippen molar-refractivity contribution in [2.45, 2.75) is 0 Å². The monoisotopic (exact) mass is 262 g/mol. The predicted octanol–water partition coefficient (Wildman–Crippen LogP) is -1.74. The van der Waals surface area contributed by atoms with E-state index >= 15 is 0 Å². The molecule has 3 N–H and O–H groups in total. The summed E-state index contributed by atoms with van der Waals surface area (Å²) in [5, 5.41) is 0. The molecule has 0 aliphatic carbocycles. The fraction of sp³-hybridized carbons (Fsp3) is 0. The molecule has 0 bridgehead atoms. The minimum atomic E-state index is -4.37. The van der Waals surface area contributed by atoms with Crippen LogP contribution in [0.15, 0.2) is 0 Å². The Kier molecular flexibility index (Phi) is 27.7. The van der Waals surface area contributed by atoms with E-state index < -0.39 is 9.05 Å². The summed E-state index contributed by atoms with van der Waals surface area (Å²) < 4.78 is 3.22. The predicted molar refractivity (Wildman–Crippen MR) is 35.3 cm³/mol. The van der Waals surface area contributed by atoms with Gasteiger partial charge < -0.3 is 20.1 Å². The zero-order chi connectivity index (χ0) is 5.21. The Morgan fingerprint density at radius 1 is 1.33 bits per heavy atom. The summed E-state index contributed by atoms with van der Waals surface area (Å²) in [5.74, 6) is 0. The maximum atomic E-state index is 7.72. The average Bonchev–Trinajstić information content (AvgIpc) is 1.35. The molecule has 0 saturated carbocycles. The van der Waals surface area contributed by atoms with Crippen molar-refractivity contribution in [3.8, 4) is 0 Å². The van der Waals surface area contributed by atoms with E-state index in [1.165, 1.54) is 0 Å². The maximum absolute atomic E-state index is 7.72. The quantitative estimate of drug-likeness (QED) is 0.492. The molecule has 9 heavy (non-hydrogen) atoms. The smallest absolute Gasteiger partial charge is 1.00 e. The van der Waals surface area contributed by atoms with Crippen LogP contribution in [0, 0.1) is 0 Å². The molecule has 0 spiro atoms. The van der Waals surface area contributed by atoms with Crippen LogP contribution >= 0.6 is 11.9 Å². The summed E-state index contributed by atoms with van der Waals surface area (Å²) >= 11 is 4.29. The molecule has 4 nitrogen and oxygen atoms in total. The van der Waals surface area contributed by atoms with Crippen molar-refractivity contribution >= 4 is 81.7 Å². The van der Waals surface area contributed by atoms with Crippen LogP contribution in [0.4, 0.5) is 0 Å². The summed E-state index contributed by atoms with van der Waals surface area (Å²) in [5.41, 5.74) is 0. The fourth-order valence-corrected chi connectivity index (χ4v) is 0. The van der Waals surface area contributed by atoms with Crippen LogP contribution in [0.2, 0.25) is 0 Å². The summed E-state index contributed by atoms with van der Waals surface area (Å²) in [6, 6.07) is 0. The van der Waals surface area contributed by atoms with E-state index in [2.05, 4.69) is 15.8 Å². The normalized spacial score (nSPS) is 8.00. The number of halogens is 1. The Labute approximate surface area is 123 Å². The van der Waals surface area contributed by atoms with Gasteiger partial charge in [0.05, 0.1) is 11.9 Å². The van der Waals surface area contributed by atoms with Gasteiger partial charge in [0.15, 0.2) is 0 Å². The zero-order valence-electron chi connectivity index (χ0n) is 8.75. The third-order valence-corrected chi connectivity index (χ3v) is 0.932. The second-order valence-electron chi connectivity index (χ2n) is 0.651. The first-order valence-electron chi connectivity index (χ1n) is 1.03. The van der Waals surface area contributed by atoms with Crippen molar-refractivity contribution in [2.24, 2.45) is 0 Å². The van der Waals surface area contributed by atoms with Crippen molar-refractivity contribution in [2.75, 3.05) is 0 Å². The van der Waals surface area contributed by atoms with Crippen LogP contribution in [0.5, 0.6) is 0 Å². The first-order valence-corrected chi connectivity index (χ1v) is 3.09. The van der Waals surface area contributed by atoms with Crippen molar-refractivity contribution in [1.82, 2.24) is 0 Å². The molecule has 0 aliphatic rings. The largest absolute Gasteiger partial charge is 2.00 e. The van der Waals surface area contributed by atoms with Crippen molar-refractivity contribution < 1.29 is 43.6 Å². The Morgan fingerprint density at radius 3 is 1.44 bits per heavy atom. The van der Waals surface area contributed by atoms with Gasteiger partial charge in [-0.15, -0.1) is 0 Å². The Morgan fingerprint density at radius 2 is 1.44 bits per heavy atom. The van der Waals surface area contributed by atoms with Crippen LogP contribution in [0.3, 0.4) is 0 Å². The van der Waals surface area contributed by atoms with Crippen LogP contribution in [-0.4, -0.2) is 84.2 Å². The molecule has 0 atom stereocenters. The Hall–Kier alpha value is 3.00. The van der Waals surface area contributed by atoms with E-state index in [0.717, 1.165) is 0 Å². The van der Waals surface area contributed by atoms with Crippen LogP contribution < -0.4 is 0 Å². The van der Waals surface area contributed by atoms with Crippen LogP contribution in [0.1, 0.15) is 5.71 Å². The molecular formula is H7CaClMgO4SiZn. The number of hydrogen-bond donors (Lipinski definition) is 3. The van der Waals surface area contributed by atoms with Crippen molar-refractivity contribution in [3.63, 3.8) is 0 Å². The SMILES string of the molecule is O[Si](O)(O)OCl.[Ca+2].[H-].[H-].[H-].[H-].[Mg+2].[Zn]. The van der Waals surface area contributed by atoms with Crippen molar-refractivity contribution in [3.05, 3.63) is 0 Å². The minimum Gasteiger partial charge on any atom is -1.00 e. The van der Waals surface area contributed by atoms with Gasteiger partial charge in [-0.1, -0.05) is 0 Å². The zero-order valence-corrected chi connectivity index (χ0v) is 13.1. The van der Waals surface area contributed by atoms with E-state index in [-0.39, 0.29) is 86.0 Å².